The molecule has 0 bridgehead atoms. The first-order valence-electron chi connectivity index (χ1n) is 6.76. The molecule has 2 aromatic rings. The van der Waals surface area contributed by atoms with Gasteiger partial charge in [-0.1, -0.05) is 12.8 Å². The average Bonchev–Trinajstić information content (AvgIpc) is 3.07. The zero-order valence-corrected chi connectivity index (χ0v) is 12.3. The summed E-state index contributed by atoms with van der Waals surface area (Å²) in [6, 6.07) is 4.49. The highest BCUT2D eigenvalue weighted by molar-refractivity contribution is 9.10. The van der Waals surface area contributed by atoms with Crippen LogP contribution in [0.3, 0.4) is 0 Å². The number of hydrogen-bond acceptors (Lipinski definition) is 3. The quantitative estimate of drug-likeness (QED) is 0.935. The van der Waals surface area contributed by atoms with Gasteiger partial charge in [-0.25, -0.2) is 0 Å². The van der Waals surface area contributed by atoms with Crippen molar-refractivity contribution >= 4 is 15.9 Å². The normalized spacial score (nSPS) is 18.0. The first kappa shape index (κ1) is 12.9. The van der Waals surface area contributed by atoms with Crippen LogP contribution in [0.2, 0.25) is 0 Å². The smallest absolute Gasteiger partial charge is 0.173 e. The number of hydrogen-bond donors (Lipinski definition) is 1. The summed E-state index contributed by atoms with van der Waals surface area (Å²) < 4.78 is 8.05. The molecule has 4 nitrogen and oxygen atoms in total. The third kappa shape index (κ3) is 2.77. The molecule has 5 heteroatoms. The second kappa shape index (κ2) is 5.51. The van der Waals surface area contributed by atoms with Gasteiger partial charge in [-0.15, -0.1) is 0 Å². The van der Waals surface area contributed by atoms with Crippen molar-refractivity contribution in [2.24, 2.45) is 5.73 Å². The lowest BCUT2D eigenvalue weighted by molar-refractivity contribution is 0.461. The van der Waals surface area contributed by atoms with Crippen molar-refractivity contribution < 1.29 is 4.42 Å². The average molecular weight is 324 g/mol. The second-order valence-corrected chi connectivity index (χ2v) is 5.91. The molecule has 0 radical (unpaired) electrons. The molecule has 2 N–H and O–H groups in total. The summed E-state index contributed by atoms with van der Waals surface area (Å²) in [5.41, 5.74) is 8.24. The molecule has 3 rings (SSSR count). The standard InChI is InChI=1S/C14H18BrN3O/c15-14-12(6-8-19-14)13(16)9-10-5-7-18(17-10)11-3-1-2-4-11/h5-8,11,13H,1-4,9,16H2. The minimum atomic E-state index is -0.0833. The molecule has 0 saturated heterocycles. The van der Waals surface area contributed by atoms with Crippen LogP contribution in [0.4, 0.5) is 0 Å². The van der Waals surface area contributed by atoms with E-state index in [1.165, 1.54) is 25.7 Å². The van der Waals surface area contributed by atoms with Gasteiger partial charge in [0.15, 0.2) is 4.67 Å². The van der Waals surface area contributed by atoms with Crippen molar-refractivity contribution in [3.8, 4) is 0 Å². The van der Waals surface area contributed by atoms with E-state index >= 15 is 0 Å². The summed E-state index contributed by atoms with van der Waals surface area (Å²) in [6.45, 7) is 0. The fourth-order valence-corrected chi connectivity index (χ4v) is 3.30. The van der Waals surface area contributed by atoms with Gasteiger partial charge in [0.2, 0.25) is 0 Å². The van der Waals surface area contributed by atoms with Gasteiger partial charge in [-0.05, 0) is 40.9 Å². The Morgan fingerprint density at radius 2 is 2.21 bits per heavy atom. The van der Waals surface area contributed by atoms with Gasteiger partial charge >= 0.3 is 0 Å². The van der Waals surface area contributed by atoms with Gasteiger partial charge in [-0.2, -0.15) is 5.10 Å². The Balaban J connectivity index is 1.68. The number of aromatic nitrogens is 2. The summed E-state index contributed by atoms with van der Waals surface area (Å²) >= 11 is 3.37. The van der Waals surface area contributed by atoms with Crippen LogP contribution in [-0.2, 0) is 6.42 Å². The van der Waals surface area contributed by atoms with Crippen molar-refractivity contribution in [2.45, 2.75) is 44.2 Å². The van der Waals surface area contributed by atoms with Crippen LogP contribution in [-0.4, -0.2) is 9.78 Å². The van der Waals surface area contributed by atoms with E-state index in [1.54, 1.807) is 6.26 Å². The SMILES string of the molecule is NC(Cc1ccn(C2CCCC2)n1)c1ccoc1Br. The lowest BCUT2D eigenvalue weighted by Crippen LogP contribution is -2.14. The fraction of sp³-hybridized carbons (Fsp3) is 0.500. The van der Waals surface area contributed by atoms with Gasteiger partial charge in [0, 0.05) is 24.2 Å². The van der Waals surface area contributed by atoms with Gasteiger partial charge < -0.3 is 10.2 Å². The Morgan fingerprint density at radius 3 is 2.89 bits per heavy atom. The molecular weight excluding hydrogens is 306 g/mol. The number of furan rings is 1. The van der Waals surface area contributed by atoms with Crippen LogP contribution in [0.5, 0.6) is 0 Å². The molecule has 1 fully saturated rings. The Labute approximate surface area is 121 Å². The summed E-state index contributed by atoms with van der Waals surface area (Å²) in [6.07, 6.45) is 9.61. The monoisotopic (exact) mass is 323 g/mol. The molecule has 2 aromatic heterocycles. The number of nitrogens with zero attached hydrogens (tertiary/aromatic N) is 2. The van der Waals surface area contributed by atoms with Gasteiger partial charge in [-0.3, -0.25) is 4.68 Å². The van der Waals surface area contributed by atoms with E-state index in [2.05, 4.69) is 38.0 Å². The predicted octanol–water partition coefficient (Wildman–Crippen LogP) is 3.60. The van der Waals surface area contributed by atoms with Crippen molar-refractivity contribution in [2.75, 3.05) is 0 Å². The number of halogens is 1. The second-order valence-electron chi connectivity index (χ2n) is 5.19. The van der Waals surface area contributed by atoms with Crippen molar-refractivity contribution in [1.82, 2.24) is 9.78 Å². The molecule has 1 saturated carbocycles. The van der Waals surface area contributed by atoms with E-state index in [1.807, 2.05) is 6.07 Å². The highest BCUT2D eigenvalue weighted by Crippen LogP contribution is 2.29. The van der Waals surface area contributed by atoms with E-state index < -0.39 is 0 Å². The van der Waals surface area contributed by atoms with Gasteiger partial charge in [0.1, 0.15) is 0 Å². The van der Waals surface area contributed by atoms with E-state index in [-0.39, 0.29) is 6.04 Å². The van der Waals surface area contributed by atoms with Crippen LogP contribution in [0, 0.1) is 0 Å². The largest absolute Gasteiger partial charge is 0.457 e. The highest BCUT2D eigenvalue weighted by atomic mass is 79.9. The topological polar surface area (TPSA) is 57.0 Å². The minimum absolute atomic E-state index is 0.0833. The van der Waals surface area contributed by atoms with Crippen LogP contribution in [0.25, 0.3) is 0 Å². The summed E-state index contributed by atoms with van der Waals surface area (Å²) in [5, 5.41) is 4.66. The summed E-state index contributed by atoms with van der Waals surface area (Å²) in [5.74, 6) is 0. The van der Waals surface area contributed by atoms with Crippen LogP contribution >= 0.6 is 15.9 Å². The molecule has 0 spiro atoms. The van der Waals surface area contributed by atoms with Crippen LogP contribution in [0.1, 0.15) is 49.0 Å². The van der Waals surface area contributed by atoms with E-state index in [0.29, 0.717) is 6.04 Å². The number of rotatable bonds is 4. The van der Waals surface area contributed by atoms with Gasteiger partial charge in [0.05, 0.1) is 18.0 Å². The molecule has 1 unspecified atom stereocenters. The van der Waals surface area contributed by atoms with E-state index in [9.17, 15) is 0 Å². The van der Waals surface area contributed by atoms with E-state index in [0.717, 1.165) is 22.3 Å². The maximum absolute atomic E-state index is 6.20. The molecule has 1 atom stereocenters. The maximum Gasteiger partial charge on any atom is 0.173 e. The Bertz CT molecular complexity index is 542. The molecule has 2 heterocycles. The van der Waals surface area contributed by atoms with Crippen molar-refractivity contribution in [3.63, 3.8) is 0 Å². The predicted molar refractivity (Wildman–Crippen MR) is 76.8 cm³/mol. The Morgan fingerprint density at radius 1 is 1.42 bits per heavy atom. The number of nitrogens with two attached hydrogens (primary N) is 1. The third-order valence-corrected chi connectivity index (χ3v) is 4.48. The minimum Gasteiger partial charge on any atom is -0.457 e. The first-order valence-corrected chi connectivity index (χ1v) is 7.56. The molecule has 0 aromatic carbocycles. The third-order valence-electron chi connectivity index (χ3n) is 3.84. The first-order chi connectivity index (χ1) is 9.24. The van der Waals surface area contributed by atoms with Crippen LogP contribution < -0.4 is 5.73 Å². The highest BCUT2D eigenvalue weighted by Gasteiger charge is 2.19. The Hall–Kier alpha value is -1.07. The lowest BCUT2D eigenvalue weighted by atomic mass is 10.1. The van der Waals surface area contributed by atoms with Gasteiger partial charge in [0.25, 0.3) is 0 Å². The van der Waals surface area contributed by atoms with Crippen molar-refractivity contribution in [3.05, 3.63) is 40.5 Å². The van der Waals surface area contributed by atoms with E-state index in [4.69, 9.17) is 10.2 Å². The van der Waals surface area contributed by atoms with Crippen LogP contribution in [0.15, 0.2) is 33.7 Å². The molecule has 0 aliphatic heterocycles. The molecule has 1 aliphatic carbocycles. The molecule has 102 valence electrons. The zero-order valence-electron chi connectivity index (χ0n) is 10.8. The zero-order chi connectivity index (χ0) is 13.2. The maximum atomic E-state index is 6.20. The molecule has 0 amide bonds. The molecule has 19 heavy (non-hydrogen) atoms. The van der Waals surface area contributed by atoms with Crippen molar-refractivity contribution in [1.29, 1.82) is 0 Å². The molecule has 1 aliphatic rings. The fourth-order valence-electron chi connectivity index (χ4n) is 2.76. The summed E-state index contributed by atoms with van der Waals surface area (Å²) in [4.78, 5) is 0. The molecular formula is C14H18BrN3O. The Kier molecular flexibility index (Phi) is 3.75. The lowest BCUT2D eigenvalue weighted by Gasteiger charge is -2.10. The summed E-state index contributed by atoms with van der Waals surface area (Å²) in [7, 11) is 0.